The van der Waals surface area contributed by atoms with Crippen LogP contribution in [0.15, 0.2) is 18.2 Å². The van der Waals surface area contributed by atoms with Crippen LogP contribution in [-0.4, -0.2) is 60.6 Å². The molecule has 0 bridgehead atoms. The van der Waals surface area contributed by atoms with E-state index < -0.39 is 5.60 Å². The molecule has 2 fully saturated rings. The molecule has 0 aromatic heterocycles. The van der Waals surface area contributed by atoms with Crippen LogP contribution in [0, 0.1) is 11.3 Å². The molecule has 1 aliphatic heterocycles. The van der Waals surface area contributed by atoms with Gasteiger partial charge < -0.3 is 19.9 Å². The van der Waals surface area contributed by atoms with Crippen molar-refractivity contribution in [1.82, 2.24) is 9.80 Å². The summed E-state index contributed by atoms with van der Waals surface area (Å²) in [5.41, 5.74) is 1.38. The fraction of sp³-hybridized carbons (Fsp3) is 0.667. The number of ether oxygens (including phenoxy) is 1. The average Bonchev–Trinajstić information content (AvgIpc) is 3.30. The lowest BCUT2D eigenvalue weighted by atomic mass is 9.89. The van der Waals surface area contributed by atoms with E-state index in [4.69, 9.17) is 16.3 Å². The number of rotatable bonds is 5. The van der Waals surface area contributed by atoms with Crippen LogP contribution in [0.25, 0.3) is 0 Å². The maximum absolute atomic E-state index is 12.3. The van der Waals surface area contributed by atoms with Crippen LogP contribution in [0.3, 0.4) is 0 Å². The summed E-state index contributed by atoms with van der Waals surface area (Å²) < 4.78 is 5.51. The molecule has 2 atom stereocenters. The fourth-order valence-corrected chi connectivity index (χ4v) is 4.89. The molecule has 1 aromatic rings. The topological polar surface area (TPSA) is 61.9 Å². The van der Waals surface area contributed by atoms with Crippen molar-refractivity contribution in [2.24, 2.45) is 11.3 Å². The van der Waals surface area contributed by atoms with E-state index in [9.17, 15) is 9.59 Å². The second kappa shape index (κ2) is 8.89. The minimum atomic E-state index is -0.448. The smallest absolute Gasteiger partial charge is 0.410 e. The second-order valence-corrected chi connectivity index (χ2v) is 10.8. The summed E-state index contributed by atoms with van der Waals surface area (Å²) in [6.45, 7) is 9.47. The minimum Gasteiger partial charge on any atom is -0.444 e. The molecule has 7 heteroatoms. The van der Waals surface area contributed by atoms with Gasteiger partial charge in [0.05, 0.1) is 10.6 Å². The predicted molar refractivity (Wildman–Crippen MR) is 125 cm³/mol. The summed E-state index contributed by atoms with van der Waals surface area (Å²) in [5.74, 6) is 0.586. The first-order valence-electron chi connectivity index (χ1n) is 11.2. The first kappa shape index (κ1) is 23.7. The summed E-state index contributed by atoms with van der Waals surface area (Å²) in [7, 11) is 3.44. The van der Waals surface area contributed by atoms with Crippen LogP contribution in [-0.2, 0) is 4.74 Å². The minimum absolute atomic E-state index is 0.0951. The number of benzene rings is 1. The highest BCUT2D eigenvalue weighted by Crippen LogP contribution is 2.61. The maximum Gasteiger partial charge on any atom is 0.410 e. The lowest BCUT2D eigenvalue weighted by Gasteiger charge is -2.34. The molecule has 1 aliphatic carbocycles. The van der Waals surface area contributed by atoms with E-state index in [0.29, 0.717) is 28.0 Å². The third-order valence-corrected chi connectivity index (χ3v) is 6.74. The summed E-state index contributed by atoms with van der Waals surface area (Å²) in [6.07, 6.45) is 4.23. The fourth-order valence-electron chi connectivity index (χ4n) is 4.63. The molecule has 1 saturated carbocycles. The van der Waals surface area contributed by atoms with Gasteiger partial charge in [0.1, 0.15) is 5.60 Å². The lowest BCUT2D eigenvalue weighted by molar-refractivity contribution is 0.0164. The Bertz CT molecular complexity index is 826. The highest BCUT2D eigenvalue weighted by molar-refractivity contribution is 6.34. The molecular weight excluding hydrogens is 414 g/mol. The monoisotopic (exact) mass is 449 g/mol. The van der Waals surface area contributed by atoms with Crippen molar-refractivity contribution in [3.8, 4) is 0 Å². The number of carbonyl (C=O) groups is 2. The molecule has 0 radical (unpaired) electrons. The first-order chi connectivity index (χ1) is 14.4. The quantitative estimate of drug-likeness (QED) is 0.665. The number of carbonyl (C=O) groups excluding carboxylic acids is 2. The Hall–Kier alpha value is -1.95. The van der Waals surface area contributed by atoms with Crippen molar-refractivity contribution in [3.05, 3.63) is 28.8 Å². The Kier molecular flexibility index (Phi) is 6.80. The third kappa shape index (κ3) is 5.85. The zero-order valence-corrected chi connectivity index (χ0v) is 20.4. The van der Waals surface area contributed by atoms with Crippen molar-refractivity contribution in [3.63, 3.8) is 0 Å². The van der Waals surface area contributed by atoms with Gasteiger partial charge in [-0.2, -0.15) is 0 Å². The van der Waals surface area contributed by atoms with Crippen LogP contribution >= 0.6 is 11.6 Å². The van der Waals surface area contributed by atoms with Gasteiger partial charge in [-0.25, -0.2) is 4.79 Å². The zero-order valence-electron chi connectivity index (χ0n) is 19.6. The van der Waals surface area contributed by atoms with Crippen molar-refractivity contribution in [2.75, 3.05) is 32.5 Å². The lowest BCUT2D eigenvalue weighted by Crippen LogP contribution is -2.42. The molecule has 1 saturated heterocycles. The molecule has 31 heavy (non-hydrogen) atoms. The molecule has 3 rings (SSSR count). The van der Waals surface area contributed by atoms with Crippen LogP contribution in [0.4, 0.5) is 10.5 Å². The number of nitrogens with zero attached hydrogens (tertiary/aromatic N) is 2. The molecule has 1 unspecified atom stereocenters. The highest BCUT2D eigenvalue weighted by Gasteiger charge is 2.55. The van der Waals surface area contributed by atoms with Gasteiger partial charge in [0.25, 0.3) is 5.91 Å². The van der Waals surface area contributed by atoms with E-state index in [1.54, 1.807) is 20.2 Å². The average molecular weight is 450 g/mol. The molecular formula is C24H36ClN3O3. The Morgan fingerprint density at radius 3 is 2.48 bits per heavy atom. The van der Waals surface area contributed by atoms with E-state index in [1.165, 1.54) is 11.3 Å². The van der Waals surface area contributed by atoms with Gasteiger partial charge in [-0.15, -0.1) is 0 Å². The van der Waals surface area contributed by atoms with E-state index >= 15 is 0 Å². The normalized spacial score (nSPS) is 20.9. The number of nitrogens with one attached hydrogen (secondary N) is 1. The number of hydrogen-bond donors (Lipinski definition) is 1. The number of likely N-dealkylation sites (tertiary alicyclic amines) is 1. The number of halogens is 1. The number of anilines is 1. The highest BCUT2D eigenvalue weighted by atomic mass is 35.5. The van der Waals surface area contributed by atoms with Gasteiger partial charge in [-0.3, -0.25) is 4.79 Å². The SMILES string of the molecule is CC(C[C@@H]1CC12CCN(C(=O)OC(C)(C)C)CC2)Nc1ccc(C(=O)N(C)C)c(Cl)c1. The standard InChI is InChI=1S/C24H36ClN3O3/c1-16(26-18-7-8-19(20(25)14-18)21(29)27(5)6)13-17-15-24(17)9-11-28(12-10-24)22(30)31-23(2,3)4/h7-8,14,16-17,26H,9-13,15H2,1-6H3/t16?,17-/m1/s1. The predicted octanol–water partition coefficient (Wildman–Crippen LogP) is 5.27. The van der Waals surface area contributed by atoms with Gasteiger partial charge in [0.2, 0.25) is 0 Å². The summed E-state index contributed by atoms with van der Waals surface area (Å²) in [4.78, 5) is 27.8. The molecule has 6 nitrogen and oxygen atoms in total. The molecule has 172 valence electrons. The largest absolute Gasteiger partial charge is 0.444 e. The summed E-state index contributed by atoms with van der Waals surface area (Å²) in [5, 5.41) is 4.00. The molecule has 2 amide bonds. The van der Waals surface area contributed by atoms with Crippen molar-refractivity contribution in [1.29, 1.82) is 0 Å². The maximum atomic E-state index is 12.3. The van der Waals surface area contributed by atoms with Gasteiger partial charge in [-0.05, 0) is 82.9 Å². The zero-order chi connectivity index (χ0) is 23.0. The number of amides is 2. The van der Waals surface area contributed by atoms with Gasteiger partial charge in [-0.1, -0.05) is 11.6 Å². The Labute approximate surface area is 191 Å². The Balaban J connectivity index is 1.48. The van der Waals surface area contributed by atoms with Crippen LogP contribution < -0.4 is 5.32 Å². The Morgan fingerprint density at radius 1 is 1.29 bits per heavy atom. The van der Waals surface area contributed by atoms with Crippen LogP contribution in [0.1, 0.15) is 63.7 Å². The van der Waals surface area contributed by atoms with Gasteiger partial charge >= 0.3 is 6.09 Å². The van der Waals surface area contributed by atoms with Crippen LogP contribution in [0.2, 0.25) is 5.02 Å². The van der Waals surface area contributed by atoms with E-state index in [-0.39, 0.29) is 12.0 Å². The number of hydrogen-bond acceptors (Lipinski definition) is 4. The number of piperidine rings is 1. The second-order valence-electron chi connectivity index (χ2n) is 10.4. The molecule has 2 aliphatic rings. The molecule has 1 aromatic carbocycles. The Morgan fingerprint density at radius 2 is 1.94 bits per heavy atom. The van der Waals surface area contributed by atoms with E-state index in [1.807, 2.05) is 37.8 Å². The van der Waals surface area contributed by atoms with E-state index in [2.05, 4.69) is 12.2 Å². The van der Waals surface area contributed by atoms with Crippen LogP contribution in [0.5, 0.6) is 0 Å². The van der Waals surface area contributed by atoms with Crippen molar-refractivity contribution >= 4 is 29.3 Å². The summed E-state index contributed by atoms with van der Waals surface area (Å²) >= 11 is 6.34. The van der Waals surface area contributed by atoms with Gasteiger partial charge in [0.15, 0.2) is 0 Å². The molecule has 1 N–H and O–H groups in total. The molecule has 1 spiro atoms. The van der Waals surface area contributed by atoms with Crippen molar-refractivity contribution in [2.45, 2.75) is 65.0 Å². The first-order valence-corrected chi connectivity index (χ1v) is 11.5. The third-order valence-electron chi connectivity index (χ3n) is 6.43. The molecule has 1 heterocycles. The van der Waals surface area contributed by atoms with Gasteiger partial charge in [0, 0.05) is 38.9 Å². The van der Waals surface area contributed by atoms with Crippen molar-refractivity contribution < 1.29 is 14.3 Å². The van der Waals surface area contributed by atoms with E-state index in [0.717, 1.165) is 38.0 Å². The summed E-state index contributed by atoms with van der Waals surface area (Å²) in [6, 6.07) is 5.84.